The van der Waals surface area contributed by atoms with Crippen molar-refractivity contribution in [2.45, 2.75) is 18.9 Å². The molecule has 0 N–H and O–H groups in total. The summed E-state index contributed by atoms with van der Waals surface area (Å²) >= 11 is 1.46. The third-order valence-corrected chi connectivity index (χ3v) is 7.18. The molecule has 1 aromatic heterocycles. The van der Waals surface area contributed by atoms with E-state index in [-0.39, 0.29) is 23.7 Å². The second kappa shape index (κ2) is 8.07. The van der Waals surface area contributed by atoms with E-state index in [4.69, 9.17) is 0 Å². The van der Waals surface area contributed by atoms with Gasteiger partial charge in [-0.05, 0) is 34.6 Å². The molecule has 2 amide bonds. The van der Waals surface area contributed by atoms with Gasteiger partial charge in [0.25, 0.3) is 5.91 Å². The summed E-state index contributed by atoms with van der Waals surface area (Å²) in [6.07, 6.45) is 0.891. The molecule has 2 aliphatic heterocycles. The minimum absolute atomic E-state index is 0.0276. The second-order valence-corrected chi connectivity index (χ2v) is 9.04. The highest BCUT2D eigenvalue weighted by atomic mass is 32.1. The van der Waals surface area contributed by atoms with Crippen LogP contribution in [0.4, 0.5) is 0 Å². The van der Waals surface area contributed by atoms with Gasteiger partial charge in [-0.15, -0.1) is 11.3 Å². The average molecular weight is 417 g/mol. The first-order chi connectivity index (χ1) is 14.7. The van der Waals surface area contributed by atoms with Crippen molar-refractivity contribution in [3.8, 4) is 0 Å². The highest BCUT2D eigenvalue weighted by Crippen LogP contribution is 2.36. The van der Waals surface area contributed by atoms with Gasteiger partial charge in [0.05, 0.1) is 10.8 Å². The van der Waals surface area contributed by atoms with Gasteiger partial charge in [0.15, 0.2) is 0 Å². The SMILES string of the molecule is O=C(c1cccs1)N1CC(C(=O)N2CCc3ccccc3C2)C(c2ccccc2)C1. The van der Waals surface area contributed by atoms with E-state index in [1.54, 1.807) is 0 Å². The minimum Gasteiger partial charge on any atom is -0.338 e. The number of benzene rings is 2. The molecular formula is C25H24N2O2S. The number of fused-ring (bicyclic) bond motifs is 1. The number of hydrogen-bond acceptors (Lipinski definition) is 3. The van der Waals surface area contributed by atoms with E-state index >= 15 is 0 Å². The van der Waals surface area contributed by atoms with Gasteiger partial charge in [-0.2, -0.15) is 0 Å². The Morgan fingerprint density at radius 2 is 1.60 bits per heavy atom. The van der Waals surface area contributed by atoms with Crippen molar-refractivity contribution in [1.82, 2.24) is 9.80 Å². The Hall–Kier alpha value is -2.92. The number of nitrogens with zero attached hydrogens (tertiary/aromatic N) is 2. The van der Waals surface area contributed by atoms with E-state index in [1.165, 1.54) is 22.5 Å². The molecule has 0 aliphatic carbocycles. The van der Waals surface area contributed by atoms with E-state index in [2.05, 4.69) is 30.3 Å². The average Bonchev–Trinajstić information content (AvgIpc) is 3.49. The summed E-state index contributed by atoms with van der Waals surface area (Å²) in [6.45, 7) is 2.47. The number of rotatable bonds is 3. The van der Waals surface area contributed by atoms with Gasteiger partial charge >= 0.3 is 0 Å². The molecule has 1 saturated heterocycles. The Morgan fingerprint density at radius 3 is 2.37 bits per heavy atom. The second-order valence-electron chi connectivity index (χ2n) is 8.09. The zero-order valence-corrected chi connectivity index (χ0v) is 17.6. The maximum absolute atomic E-state index is 13.6. The molecule has 2 aliphatic rings. The van der Waals surface area contributed by atoms with Crippen LogP contribution in [0.5, 0.6) is 0 Å². The molecule has 5 heteroatoms. The van der Waals surface area contributed by atoms with Gasteiger partial charge in [-0.1, -0.05) is 60.7 Å². The fourth-order valence-corrected chi connectivity index (χ4v) is 5.42. The van der Waals surface area contributed by atoms with Crippen LogP contribution in [-0.2, 0) is 17.8 Å². The Kier molecular flexibility index (Phi) is 5.13. The lowest BCUT2D eigenvalue weighted by Gasteiger charge is -2.32. The number of likely N-dealkylation sites (tertiary alicyclic amines) is 1. The van der Waals surface area contributed by atoms with E-state index in [1.807, 2.05) is 51.6 Å². The van der Waals surface area contributed by atoms with E-state index < -0.39 is 0 Å². The van der Waals surface area contributed by atoms with Gasteiger partial charge < -0.3 is 9.80 Å². The lowest BCUT2D eigenvalue weighted by molar-refractivity contribution is -0.136. The Labute approximate surface area is 180 Å². The fraction of sp³-hybridized carbons (Fsp3) is 0.280. The molecule has 2 unspecified atom stereocenters. The van der Waals surface area contributed by atoms with Crippen molar-refractivity contribution in [2.24, 2.45) is 5.92 Å². The van der Waals surface area contributed by atoms with Crippen molar-refractivity contribution in [1.29, 1.82) is 0 Å². The predicted octanol–water partition coefficient (Wildman–Crippen LogP) is 4.19. The number of carbonyl (C=O) groups is 2. The summed E-state index contributed by atoms with van der Waals surface area (Å²) in [7, 11) is 0. The predicted molar refractivity (Wildman–Crippen MR) is 118 cm³/mol. The lowest BCUT2D eigenvalue weighted by atomic mass is 9.87. The Morgan fingerprint density at radius 1 is 0.833 bits per heavy atom. The molecule has 4 nitrogen and oxygen atoms in total. The van der Waals surface area contributed by atoms with Crippen LogP contribution in [0.25, 0.3) is 0 Å². The quantitative estimate of drug-likeness (QED) is 0.642. The number of amides is 2. The summed E-state index contributed by atoms with van der Waals surface area (Å²) in [5, 5.41) is 1.92. The van der Waals surface area contributed by atoms with Crippen molar-refractivity contribution in [2.75, 3.05) is 19.6 Å². The zero-order valence-electron chi connectivity index (χ0n) is 16.7. The third kappa shape index (κ3) is 3.54. The largest absolute Gasteiger partial charge is 0.338 e. The maximum Gasteiger partial charge on any atom is 0.263 e. The molecule has 0 saturated carbocycles. The molecule has 1 fully saturated rings. The minimum atomic E-state index is -0.207. The van der Waals surface area contributed by atoms with E-state index in [0.717, 1.165) is 23.4 Å². The van der Waals surface area contributed by atoms with Crippen LogP contribution in [0.3, 0.4) is 0 Å². The molecule has 30 heavy (non-hydrogen) atoms. The summed E-state index contributed by atoms with van der Waals surface area (Å²) in [6, 6.07) is 22.3. The fourth-order valence-electron chi connectivity index (χ4n) is 4.73. The lowest BCUT2D eigenvalue weighted by Crippen LogP contribution is -2.42. The molecule has 5 rings (SSSR count). The van der Waals surface area contributed by atoms with Crippen LogP contribution in [-0.4, -0.2) is 41.2 Å². The summed E-state index contributed by atoms with van der Waals surface area (Å²) < 4.78 is 0. The van der Waals surface area contributed by atoms with Crippen LogP contribution in [0.15, 0.2) is 72.1 Å². The highest BCUT2D eigenvalue weighted by Gasteiger charge is 2.42. The topological polar surface area (TPSA) is 40.6 Å². The molecule has 2 aromatic carbocycles. The van der Waals surface area contributed by atoms with E-state index in [9.17, 15) is 9.59 Å². The van der Waals surface area contributed by atoms with E-state index in [0.29, 0.717) is 19.6 Å². The molecule has 0 spiro atoms. The van der Waals surface area contributed by atoms with Crippen LogP contribution in [0.2, 0.25) is 0 Å². The van der Waals surface area contributed by atoms with Gasteiger partial charge in [0.2, 0.25) is 5.91 Å². The third-order valence-electron chi connectivity index (χ3n) is 6.33. The van der Waals surface area contributed by atoms with Gasteiger partial charge in [-0.25, -0.2) is 0 Å². The van der Waals surface area contributed by atoms with Crippen LogP contribution >= 0.6 is 11.3 Å². The molecule has 3 aromatic rings. The molecule has 152 valence electrons. The normalized spacial score (nSPS) is 20.8. The summed E-state index contributed by atoms with van der Waals surface area (Å²) in [5.41, 5.74) is 3.70. The van der Waals surface area contributed by atoms with Crippen molar-refractivity contribution >= 4 is 23.2 Å². The van der Waals surface area contributed by atoms with Crippen LogP contribution < -0.4 is 0 Å². The number of hydrogen-bond donors (Lipinski definition) is 0. The standard InChI is InChI=1S/C25H24N2O2S/c28-24(26-13-12-18-7-4-5-10-20(18)15-26)22-17-27(25(29)23-11-6-14-30-23)16-21(22)19-8-2-1-3-9-19/h1-11,14,21-22H,12-13,15-17H2. The molecule has 3 heterocycles. The van der Waals surface area contributed by atoms with Crippen molar-refractivity contribution < 1.29 is 9.59 Å². The van der Waals surface area contributed by atoms with Gasteiger partial charge in [-0.3, -0.25) is 9.59 Å². The first-order valence-electron chi connectivity index (χ1n) is 10.4. The Bertz CT molecular complexity index is 1050. The van der Waals surface area contributed by atoms with Crippen molar-refractivity contribution in [3.05, 3.63) is 93.7 Å². The molecule has 2 atom stereocenters. The highest BCUT2D eigenvalue weighted by molar-refractivity contribution is 7.12. The maximum atomic E-state index is 13.6. The summed E-state index contributed by atoms with van der Waals surface area (Å²) in [4.78, 5) is 31.2. The zero-order chi connectivity index (χ0) is 20.5. The van der Waals surface area contributed by atoms with Crippen LogP contribution in [0, 0.1) is 5.92 Å². The first-order valence-corrected chi connectivity index (χ1v) is 11.3. The smallest absolute Gasteiger partial charge is 0.263 e. The number of carbonyl (C=O) groups excluding carboxylic acids is 2. The van der Waals surface area contributed by atoms with Crippen molar-refractivity contribution in [3.63, 3.8) is 0 Å². The first kappa shape index (κ1) is 19.1. The monoisotopic (exact) mass is 416 g/mol. The summed E-state index contributed by atoms with van der Waals surface area (Å²) in [5.74, 6) is 0.0198. The Balaban J connectivity index is 1.41. The molecule has 0 radical (unpaired) electrons. The number of thiophene rings is 1. The van der Waals surface area contributed by atoms with Gasteiger partial charge in [0.1, 0.15) is 0 Å². The molecule has 0 bridgehead atoms. The van der Waals surface area contributed by atoms with Crippen LogP contribution in [0.1, 0.15) is 32.3 Å². The van der Waals surface area contributed by atoms with Gasteiger partial charge in [0, 0.05) is 32.1 Å². The molecular weight excluding hydrogens is 392 g/mol.